The van der Waals surface area contributed by atoms with Crippen LogP contribution in [0.1, 0.15) is 10.5 Å². The highest BCUT2D eigenvalue weighted by molar-refractivity contribution is 7.92. The van der Waals surface area contributed by atoms with Crippen molar-refractivity contribution < 1.29 is 17.6 Å². The molecule has 0 atom stereocenters. The van der Waals surface area contributed by atoms with E-state index >= 15 is 0 Å². The van der Waals surface area contributed by atoms with Crippen LogP contribution in [-0.4, -0.2) is 57.3 Å². The Hall–Kier alpha value is -3.01. The van der Waals surface area contributed by atoms with E-state index in [9.17, 15) is 17.6 Å². The maximum absolute atomic E-state index is 13.0. The zero-order valence-electron chi connectivity index (χ0n) is 14.3. The highest BCUT2D eigenvalue weighted by Crippen LogP contribution is 2.25. The summed E-state index contributed by atoms with van der Waals surface area (Å²) in [7, 11) is -1.97. The quantitative estimate of drug-likeness (QED) is 0.724. The molecule has 2 aromatic heterocycles. The molecule has 3 heterocycles. The Balaban J connectivity index is 1.45. The van der Waals surface area contributed by atoms with Crippen LogP contribution in [0.3, 0.4) is 0 Å². The van der Waals surface area contributed by atoms with Gasteiger partial charge in [-0.15, -0.1) is 0 Å². The van der Waals surface area contributed by atoms with Crippen LogP contribution in [0.2, 0.25) is 0 Å². The summed E-state index contributed by atoms with van der Waals surface area (Å²) in [6.45, 7) is 0.192. The predicted molar refractivity (Wildman–Crippen MR) is 94.1 cm³/mol. The largest absolute Gasteiger partial charge is 0.335 e. The maximum Gasteiger partial charge on any atom is 0.271 e. The summed E-state index contributed by atoms with van der Waals surface area (Å²) in [6, 6.07) is 7.33. The molecule has 0 bridgehead atoms. The Kier molecular flexibility index (Phi) is 4.06. The zero-order valence-corrected chi connectivity index (χ0v) is 15.1. The summed E-state index contributed by atoms with van der Waals surface area (Å²) in [4.78, 5) is 17.9. The number of H-pyrrole nitrogens is 1. The van der Waals surface area contributed by atoms with Crippen molar-refractivity contribution in [3.8, 4) is 11.3 Å². The van der Waals surface area contributed by atoms with E-state index < -0.39 is 15.1 Å². The molecular weight excluding hydrogens is 373 g/mol. The number of aromatic nitrogens is 4. The van der Waals surface area contributed by atoms with Crippen molar-refractivity contribution in [1.29, 1.82) is 0 Å². The van der Waals surface area contributed by atoms with Crippen molar-refractivity contribution in [3.05, 3.63) is 54.2 Å². The number of sulfone groups is 1. The van der Waals surface area contributed by atoms with Crippen molar-refractivity contribution in [2.24, 2.45) is 7.05 Å². The van der Waals surface area contributed by atoms with Crippen LogP contribution >= 0.6 is 0 Å². The summed E-state index contributed by atoms with van der Waals surface area (Å²) in [6.07, 6.45) is 2.99. The van der Waals surface area contributed by atoms with Crippen molar-refractivity contribution in [3.63, 3.8) is 0 Å². The van der Waals surface area contributed by atoms with Crippen LogP contribution in [0.5, 0.6) is 0 Å². The Morgan fingerprint density at radius 1 is 1.26 bits per heavy atom. The highest BCUT2D eigenvalue weighted by Gasteiger charge is 2.42. The number of halogens is 1. The minimum atomic E-state index is -3.58. The first-order valence-corrected chi connectivity index (χ1v) is 9.73. The molecule has 1 N–H and O–H groups in total. The van der Waals surface area contributed by atoms with Crippen LogP contribution in [0, 0.1) is 5.82 Å². The minimum Gasteiger partial charge on any atom is -0.335 e. The second kappa shape index (κ2) is 6.31. The number of rotatable bonds is 4. The Morgan fingerprint density at radius 3 is 2.59 bits per heavy atom. The van der Waals surface area contributed by atoms with E-state index in [0.717, 1.165) is 0 Å². The van der Waals surface area contributed by atoms with Gasteiger partial charge in [0.1, 0.15) is 16.8 Å². The van der Waals surface area contributed by atoms with Gasteiger partial charge in [0.25, 0.3) is 5.91 Å². The summed E-state index contributed by atoms with van der Waals surface area (Å²) < 4.78 is 39.6. The first kappa shape index (κ1) is 17.4. The van der Waals surface area contributed by atoms with E-state index in [0.29, 0.717) is 11.3 Å². The third kappa shape index (κ3) is 3.01. The van der Waals surface area contributed by atoms with Gasteiger partial charge in [0.15, 0.2) is 0 Å². The number of nitrogens with one attached hydrogen (secondary N) is 1. The molecule has 140 valence electrons. The Labute approximate surface area is 154 Å². The monoisotopic (exact) mass is 389 g/mol. The molecule has 0 saturated carbocycles. The van der Waals surface area contributed by atoms with Crippen LogP contribution in [0.25, 0.3) is 11.3 Å². The molecule has 1 saturated heterocycles. The van der Waals surface area contributed by atoms with Crippen molar-refractivity contribution in [2.75, 3.05) is 13.1 Å². The SMILES string of the molecule is Cn1ccnc1S(=O)(=O)C1CN(C(=O)c2cc(-c3ccc(F)cc3)n[nH]2)C1. The minimum absolute atomic E-state index is 0.000245. The van der Waals surface area contributed by atoms with Gasteiger partial charge < -0.3 is 9.47 Å². The van der Waals surface area contributed by atoms with Gasteiger partial charge in [0, 0.05) is 38.1 Å². The molecule has 3 aromatic rings. The van der Waals surface area contributed by atoms with E-state index in [2.05, 4.69) is 15.2 Å². The third-order valence-electron chi connectivity index (χ3n) is 4.55. The lowest BCUT2D eigenvalue weighted by atomic mass is 10.1. The molecular formula is C17H16FN5O3S. The molecule has 1 fully saturated rings. The van der Waals surface area contributed by atoms with Gasteiger partial charge in [-0.05, 0) is 30.3 Å². The number of aryl methyl sites for hydroxylation is 1. The van der Waals surface area contributed by atoms with Crippen molar-refractivity contribution >= 4 is 15.7 Å². The second-order valence-corrected chi connectivity index (χ2v) is 8.49. The fourth-order valence-corrected chi connectivity index (χ4v) is 4.67. The smallest absolute Gasteiger partial charge is 0.271 e. The van der Waals surface area contributed by atoms with Gasteiger partial charge in [-0.2, -0.15) is 5.10 Å². The van der Waals surface area contributed by atoms with E-state index in [-0.39, 0.29) is 35.7 Å². The highest BCUT2D eigenvalue weighted by atomic mass is 32.2. The molecule has 0 radical (unpaired) electrons. The summed E-state index contributed by atoms with van der Waals surface area (Å²) in [5.41, 5.74) is 1.43. The second-order valence-electron chi connectivity index (χ2n) is 6.37. The topological polar surface area (TPSA) is 101 Å². The molecule has 1 aliphatic rings. The predicted octanol–water partition coefficient (Wildman–Crippen LogP) is 1.25. The van der Waals surface area contributed by atoms with Crippen LogP contribution in [0.4, 0.5) is 4.39 Å². The van der Waals surface area contributed by atoms with Gasteiger partial charge in [-0.1, -0.05) is 0 Å². The third-order valence-corrected chi connectivity index (χ3v) is 6.63. The van der Waals surface area contributed by atoms with Gasteiger partial charge in [0.05, 0.1) is 5.69 Å². The number of carbonyl (C=O) groups is 1. The molecule has 10 heteroatoms. The molecule has 0 unspecified atom stereocenters. The lowest BCUT2D eigenvalue weighted by Crippen LogP contribution is -2.57. The number of likely N-dealkylation sites (tertiary alicyclic amines) is 1. The lowest BCUT2D eigenvalue weighted by molar-refractivity contribution is 0.0652. The van der Waals surface area contributed by atoms with Crippen LogP contribution in [0.15, 0.2) is 47.9 Å². The molecule has 27 heavy (non-hydrogen) atoms. The number of nitrogens with zero attached hydrogens (tertiary/aromatic N) is 4. The van der Waals surface area contributed by atoms with Gasteiger partial charge in [0.2, 0.25) is 15.0 Å². The van der Waals surface area contributed by atoms with Crippen molar-refractivity contribution in [1.82, 2.24) is 24.6 Å². The maximum atomic E-state index is 13.0. The van der Waals surface area contributed by atoms with Gasteiger partial charge in [-0.25, -0.2) is 17.8 Å². The fraction of sp³-hybridized carbons (Fsp3) is 0.235. The standard InChI is InChI=1S/C17H16FN5O3S/c1-22-7-6-19-17(22)27(25,26)13-9-23(10-13)16(24)15-8-14(20-21-15)11-2-4-12(18)5-3-11/h2-8,13H,9-10H2,1H3,(H,20,21). The molecule has 8 nitrogen and oxygen atoms in total. The summed E-state index contributed by atoms with van der Waals surface area (Å²) >= 11 is 0. The number of hydrogen-bond donors (Lipinski definition) is 1. The van der Waals surface area contributed by atoms with E-state index in [1.54, 1.807) is 31.4 Å². The summed E-state index contributed by atoms with van der Waals surface area (Å²) in [5.74, 6) is -0.687. The zero-order chi connectivity index (χ0) is 19.2. The molecule has 4 rings (SSSR count). The van der Waals surface area contributed by atoms with Crippen LogP contribution < -0.4 is 0 Å². The molecule has 0 spiro atoms. The van der Waals surface area contributed by atoms with E-state index in [1.165, 1.54) is 27.8 Å². The lowest BCUT2D eigenvalue weighted by Gasteiger charge is -2.37. The van der Waals surface area contributed by atoms with E-state index in [1.807, 2.05) is 0 Å². The molecule has 1 aliphatic heterocycles. The number of hydrogen-bond acceptors (Lipinski definition) is 5. The number of imidazole rings is 1. The van der Waals surface area contributed by atoms with Crippen LogP contribution in [-0.2, 0) is 16.9 Å². The average molecular weight is 389 g/mol. The Bertz CT molecular complexity index is 1100. The average Bonchev–Trinajstić information content (AvgIpc) is 3.23. The van der Waals surface area contributed by atoms with Crippen molar-refractivity contribution in [2.45, 2.75) is 10.4 Å². The normalized spacial score (nSPS) is 15.0. The summed E-state index contributed by atoms with van der Waals surface area (Å²) in [5, 5.41) is 6.05. The number of benzene rings is 1. The molecule has 0 aliphatic carbocycles. The van der Waals surface area contributed by atoms with E-state index in [4.69, 9.17) is 0 Å². The number of amides is 1. The molecule has 1 aromatic carbocycles. The molecule has 1 amide bonds. The first-order valence-electron chi connectivity index (χ1n) is 8.18. The van der Waals surface area contributed by atoms with Gasteiger partial charge in [-0.3, -0.25) is 9.89 Å². The Morgan fingerprint density at radius 2 is 1.96 bits per heavy atom. The number of carbonyl (C=O) groups excluding carboxylic acids is 1. The first-order chi connectivity index (χ1) is 12.9. The van der Waals surface area contributed by atoms with Gasteiger partial charge >= 0.3 is 0 Å². The fourth-order valence-electron chi connectivity index (χ4n) is 2.95. The number of aromatic amines is 1.